The summed E-state index contributed by atoms with van der Waals surface area (Å²) in [6.45, 7) is 2.15. The summed E-state index contributed by atoms with van der Waals surface area (Å²) < 4.78 is 6.37. The van der Waals surface area contributed by atoms with Crippen molar-refractivity contribution in [3.63, 3.8) is 0 Å². The third-order valence-corrected chi connectivity index (χ3v) is 8.10. The number of aliphatic hydroxyl groups is 1. The van der Waals surface area contributed by atoms with E-state index in [1.165, 1.54) is 18.4 Å². The first-order valence-corrected chi connectivity index (χ1v) is 10.2. The molecular weight excluding hydrogens is 328 g/mol. The molecule has 3 aliphatic carbocycles. The van der Waals surface area contributed by atoms with Crippen LogP contribution in [-0.2, 0) is 11.8 Å². The van der Waals surface area contributed by atoms with Crippen LogP contribution in [0.5, 0.6) is 11.5 Å². The number of hydrogen-bond acceptors (Lipinski definition) is 5. The van der Waals surface area contributed by atoms with Gasteiger partial charge in [0.15, 0.2) is 11.5 Å². The first-order valence-electron chi connectivity index (χ1n) is 10.2. The van der Waals surface area contributed by atoms with Crippen molar-refractivity contribution < 1.29 is 14.9 Å². The van der Waals surface area contributed by atoms with Crippen LogP contribution in [0.2, 0.25) is 0 Å². The van der Waals surface area contributed by atoms with Gasteiger partial charge in [0.25, 0.3) is 0 Å². The summed E-state index contributed by atoms with van der Waals surface area (Å²) in [4.78, 5) is 2.58. The molecule has 140 valence electrons. The van der Waals surface area contributed by atoms with E-state index in [1.807, 2.05) is 7.05 Å². The highest BCUT2D eigenvalue weighted by Crippen LogP contribution is 2.65. The monoisotopic (exact) mass is 356 g/mol. The third kappa shape index (κ3) is 1.73. The van der Waals surface area contributed by atoms with Crippen LogP contribution in [0.25, 0.3) is 0 Å². The number of benzene rings is 1. The fourth-order valence-corrected chi connectivity index (χ4v) is 6.73. The minimum Gasteiger partial charge on any atom is -0.504 e. The van der Waals surface area contributed by atoms with Crippen molar-refractivity contribution in [2.24, 2.45) is 5.92 Å². The highest BCUT2D eigenvalue weighted by atomic mass is 16.5. The fourth-order valence-electron chi connectivity index (χ4n) is 6.73. The molecule has 1 spiro atoms. The maximum Gasteiger partial charge on any atom is 0.165 e. The number of piperidine rings is 1. The summed E-state index contributed by atoms with van der Waals surface area (Å²) in [6, 6.07) is 4.25. The van der Waals surface area contributed by atoms with Gasteiger partial charge in [-0.15, -0.1) is 0 Å². The largest absolute Gasteiger partial charge is 0.504 e. The molecule has 2 aliphatic heterocycles. The topological polar surface area (TPSA) is 65.0 Å². The molecule has 3 fully saturated rings. The van der Waals surface area contributed by atoms with Crippen LogP contribution < -0.4 is 10.1 Å². The number of rotatable bonds is 3. The SMILES string of the molecule is CN[C@@H]1C[C@@H]2Oc3c(O)ccc4c3[C@@]23CCN(CC2CC2)[C@H](C4)[C@]3(O)C1. The van der Waals surface area contributed by atoms with Crippen LogP contribution in [0.15, 0.2) is 12.1 Å². The standard InChI is InChI=1S/C21H28N2O3/c1-22-14-9-17-20-6-7-23(11-12-2-3-12)16(21(20,25)10-14)8-13-4-5-15(24)19(26-17)18(13)20/h4-5,12,14,16-17,22,24-25H,2-3,6-11H2,1H3/t14-,16-,17+,20-,21-/m1/s1. The van der Waals surface area contributed by atoms with Gasteiger partial charge in [-0.05, 0) is 63.2 Å². The van der Waals surface area contributed by atoms with Crippen LogP contribution in [0.1, 0.15) is 43.2 Å². The molecule has 1 aromatic rings. The quantitative estimate of drug-likeness (QED) is 0.767. The van der Waals surface area contributed by atoms with Gasteiger partial charge in [-0.2, -0.15) is 0 Å². The number of nitrogens with zero attached hydrogens (tertiary/aromatic N) is 1. The minimum atomic E-state index is -0.789. The molecule has 5 nitrogen and oxygen atoms in total. The Labute approximate surface area is 154 Å². The van der Waals surface area contributed by atoms with Crippen molar-refractivity contribution in [2.45, 2.75) is 67.7 Å². The molecule has 2 saturated carbocycles. The van der Waals surface area contributed by atoms with E-state index in [1.54, 1.807) is 6.07 Å². The van der Waals surface area contributed by atoms with E-state index < -0.39 is 5.60 Å². The zero-order valence-corrected chi connectivity index (χ0v) is 15.4. The predicted molar refractivity (Wildman–Crippen MR) is 97.6 cm³/mol. The van der Waals surface area contributed by atoms with Gasteiger partial charge in [0.2, 0.25) is 0 Å². The molecule has 0 amide bonds. The van der Waals surface area contributed by atoms with Crippen LogP contribution in [0.4, 0.5) is 0 Å². The van der Waals surface area contributed by atoms with Crippen molar-refractivity contribution in [3.8, 4) is 11.5 Å². The first-order chi connectivity index (χ1) is 12.6. The highest BCUT2D eigenvalue weighted by molar-refractivity contribution is 5.62. The van der Waals surface area contributed by atoms with Gasteiger partial charge in [-0.1, -0.05) is 6.07 Å². The summed E-state index contributed by atoms with van der Waals surface area (Å²) >= 11 is 0. The number of phenols is 1. The molecule has 0 aromatic heterocycles. The van der Waals surface area contributed by atoms with E-state index in [-0.39, 0.29) is 29.4 Å². The smallest absolute Gasteiger partial charge is 0.165 e. The fraction of sp³-hybridized carbons (Fsp3) is 0.714. The van der Waals surface area contributed by atoms with Crippen molar-refractivity contribution in [3.05, 3.63) is 23.3 Å². The van der Waals surface area contributed by atoms with E-state index in [4.69, 9.17) is 4.74 Å². The summed E-state index contributed by atoms with van der Waals surface area (Å²) in [5, 5.41) is 26.1. The molecule has 2 heterocycles. The third-order valence-electron chi connectivity index (χ3n) is 8.10. The second-order valence-electron chi connectivity index (χ2n) is 9.28. The Hall–Kier alpha value is -1.30. The van der Waals surface area contributed by atoms with Gasteiger partial charge in [0.05, 0.1) is 11.0 Å². The number of ether oxygens (including phenoxy) is 1. The molecule has 3 N–H and O–H groups in total. The van der Waals surface area contributed by atoms with E-state index in [0.29, 0.717) is 5.75 Å². The number of hydrogen-bond donors (Lipinski definition) is 3. The highest BCUT2D eigenvalue weighted by Gasteiger charge is 2.72. The Morgan fingerprint density at radius 2 is 2.19 bits per heavy atom. The molecule has 2 bridgehead atoms. The molecule has 5 aliphatic rings. The number of likely N-dealkylation sites (tertiary alicyclic amines) is 1. The van der Waals surface area contributed by atoms with E-state index in [9.17, 15) is 10.2 Å². The number of phenolic OH excluding ortho intramolecular Hbond substituents is 1. The van der Waals surface area contributed by atoms with E-state index in [0.717, 1.165) is 50.3 Å². The maximum absolute atomic E-state index is 12.3. The molecule has 5 heteroatoms. The average molecular weight is 356 g/mol. The molecule has 6 rings (SSSR count). The Kier molecular flexibility index (Phi) is 2.99. The summed E-state index contributed by atoms with van der Waals surface area (Å²) in [6.07, 6.45) is 6.08. The summed E-state index contributed by atoms with van der Waals surface area (Å²) in [5.74, 6) is 1.70. The zero-order chi connectivity index (χ0) is 17.7. The van der Waals surface area contributed by atoms with Crippen LogP contribution >= 0.6 is 0 Å². The van der Waals surface area contributed by atoms with Crippen molar-refractivity contribution in [2.75, 3.05) is 20.1 Å². The van der Waals surface area contributed by atoms with E-state index >= 15 is 0 Å². The number of nitrogens with one attached hydrogen (secondary N) is 1. The molecule has 26 heavy (non-hydrogen) atoms. The van der Waals surface area contributed by atoms with Crippen LogP contribution in [0.3, 0.4) is 0 Å². The zero-order valence-electron chi connectivity index (χ0n) is 15.4. The Balaban J connectivity index is 1.54. The lowest BCUT2D eigenvalue weighted by molar-refractivity contribution is -0.190. The Morgan fingerprint density at radius 3 is 2.96 bits per heavy atom. The second-order valence-corrected chi connectivity index (χ2v) is 9.28. The number of aromatic hydroxyl groups is 1. The van der Waals surface area contributed by atoms with Gasteiger partial charge >= 0.3 is 0 Å². The van der Waals surface area contributed by atoms with Crippen molar-refractivity contribution >= 4 is 0 Å². The van der Waals surface area contributed by atoms with Crippen LogP contribution in [0, 0.1) is 5.92 Å². The van der Waals surface area contributed by atoms with E-state index in [2.05, 4.69) is 16.3 Å². The van der Waals surface area contributed by atoms with Gasteiger partial charge in [-0.25, -0.2) is 0 Å². The van der Waals surface area contributed by atoms with Gasteiger partial charge in [0.1, 0.15) is 6.10 Å². The molecule has 1 aromatic carbocycles. The molecule has 0 radical (unpaired) electrons. The molecule has 5 atom stereocenters. The maximum atomic E-state index is 12.3. The molecule has 0 unspecified atom stereocenters. The summed E-state index contributed by atoms with van der Waals surface area (Å²) in [7, 11) is 1.98. The lowest BCUT2D eigenvalue weighted by atomic mass is 9.48. The van der Waals surface area contributed by atoms with Gasteiger partial charge in [-0.3, -0.25) is 4.90 Å². The molecular formula is C21H28N2O3. The van der Waals surface area contributed by atoms with Gasteiger partial charge in [0, 0.05) is 30.6 Å². The predicted octanol–water partition coefficient (Wildman–Crippen LogP) is 1.54. The first kappa shape index (κ1) is 15.7. The average Bonchev–Trinajstić information content (AvgIpc) is 3.36. The van der Waals surface area contributed by atoms with Crippen molar-refractivity contribution in [1.29, 1.82) is 0 Å². The Bertz CT molecular complexity index is 779. The van der Waals surface area contributed by atoms with Crippen LogP contribution in [-0.4, -0.2) is 59.0 Å². The summed E-state index contributed by atoms with van der Waals surface area (Å²) in [5.41, 5.74) is 1.26. The molecule has 1 saturated heterocycles. The Morgan fingerprint density at radius 1 is 1.35 bits per heavy atom. The normalized spacial score (nSPS) is 43.1. The second kappa shape index (κ2) is 4.94. The lowest BCUT2D eigenvalue weighted by Crippen LogP contribution is -2.77. The van der Waals surface area contributed by atoms with Gasteiger partial charge < -0.3 is 20.3 Å². The lowest BCUT2D eigenvalue weighted by Gasteiger charge is -2.64. The van der Waals surface area contributed by atoms with Crippen molar-refractivity contribution in [1.82, 2.24) is 10.2 Å². The minimum absolute atomic E-state index is 0.0494.